The van der Waals surface area contributed by atoms with Crippen molar-refractivity contribution in [3.05, 3.63) is 159 Å². The Kier molecular flexibility index (Phi) is 5.07. The molecule has 4 aliphatic rings. The molecule has 0 radical (unpaired) electrons. The van der Waals surface area contributed by atoms with Gasteiger partial charge in [0.25, 0.3) is 0 Å². The van der Waals surface area contributed by atoms with Crippen LogP contribution in [0.5, 0.6) is 0 Å². The molecule has 7 heteroatoms. The normalized spacial score (nSPS) is 17.2. The van der Waals surface area contributed by atoms with Gasteiger partial charge in [0.15, 0.2) is 17.3 Å². The van der Waals surface area contributed by atoms with E-state index in [4.69, 9.17) is 4.52 Å². The van der Waals surface area contributed by atoms with E-state index in [1.807, 2.05) is 115 Å². The number of hydrogen-bond acceptors (Lipinski definition) is 6. The van der Waals surface area contributed by atoms with Crippen molar-refractivity contribution >= 4 is 52.4 Å². The predicted molar refractivity (Wildman–Crippen MR) is 171 cm³/mol. The van der Waals surface area contributed by atoms with Crippen molar-refractivity contribution in [2.45, 2.75) is 12.3 Å². The topological polar surface area (TPSA) is 92.5 Å². The van der Waals surface area contributed by atoms with Crippen LogP contribution in [-0.4, -0.2) is 22.6 Å². The third kappa shape index (κ3) is 3.14. The van der Waals surface area contributed by atoms with Crippen molar-refractivity contribution in [3.8, 4) is 0 Å². The summed E-state index contributed by atoms with van der Waals surface area (Å²) in [6.45, 7) is 1.84. The Hall–Kier alpha value is -6.08. The van der Waals surface area contributed by atoms with Gasteiger partial charge in [-0.05, 0) is 24.6 Å². The summed E-state index contributed by atoms with van der Waals surface area (Å²) in [6, 6.07) is 31.9. The number of carbonyl (C=O) groups excluding carboxylic acids is 3. The number of nitrogens with zero attached hydrogens (tertiary/aromatic N) is 2. The van der Waals surface area contributed by atoms with E-state index in [-0.39, 0.29) is 22.7 Å². The van der Waals surface area contributed by atoms with E-state index >= 15 is 0 Å². The molecule has 7 nitrogen and oxygen atoms in total. The Bertz CT molecular complexity index is 2190. The SMILES string of the molecule is Cc1noc(/C=C/c2ccccc2)c1N1C2=C(C(=O)c3ccccc32)C2(C(=O)Nc3ccccc32)C2=C1c1ccccc1C2=O. The molecule has 2 aliphatic heterocycles. The molecule has 0 unspecified atom stereocenters. The molecule has 1 aromatic heterocycles. The first-order chi connectivity index (χ1) is 22.0. The molecule has 0 saturated carbocycles. The minimum absolute atomic E-state index is 0.254. The second kappa shape index (κ2) is 8.97. The molecule has 0 bridgehead atoms. The van der Waals surface area contributed by atoms with Crippen molar-refractivity contribution in [1.29, 1.82) is 0 Å². The van der Waals surface area contributed by atoms with E-state index in [2.05, 4.69) is 10.5 Å². The summed E-state index contributed by atoms with van der Waals surface area (Å²) in [5.74, 6) is -0.542. The highest BCUT2D eigenvalue weighted by Gasteiger charge is 2.65. The number of amides is 1. The van der Waals surface area contributed by atoms with Crippen LogP contribution >= 0.6 is 0 Å². The monoisotopic (exact) mass is 585 g/mol. The molecule has 1 N–H and O–H groups in total. The first-order valence-corrected chi connectivity index (χ1v) is 14.7. The van der Waals surface area contributed by atoms with Crippen molar-refractivity contribution in [2.24, 2.45) is 0 Å². The number of anilines is 2. The number of hydrogen-bond donors (Lipinski definition) is 1. The van der Waals surface area contributed by atoms with Crippen LogP contribution in [0.3, 0.4) is 0 Å². The highest BCUT2D eigenvalue weighted by atomic mass is 16.5. The molecule has 45 heavy (non-hydrogen) atoms. The Labute approximate surface area is 257 Å². The highest BCUT2D eigenvalue weighted by molar-refractivity contribution is 6.39. The lowest BCUT2D eigenvalue weighted by molar-refractivity contribution is -0.118. The van der Waals surface area contributed by atoms with Gasteiger partial charge in [0.2, 0.25) is 5.91 Å². The van der Waals surface area contributed by atoms with Gasteiger partial charge < -0.3 is 14.7 Å². The summed E-state index contributed by atoms with van der Waals surface area (Å²) in [4.78, 5) is 45.8. The average Bonchev–Trinajstić information content (AvgIpc) is 3.77. The van der Waals surface area contributed by atoms with Crippen LogP contribution < -0.4 is 10.2 Å². The molecular formula is C38H23N3O4. The van der Waals surface area contributed by atoms with Gasteiger partial charge >= 0.3 is 0 Å². The van der Waals surface area contributed by atoms with Gasteiger partial charge in [-0.3, -0.25) is 14.4 Å². The molecular weight excluding hydrogens is 562 g/mol. The van der Waals surface area contributed by atoms with E-state index in [1.165, 1.54) is 0 Å². The smallest absolute Gasteiger partial charge is 0.244 e. The van der Waals surface area contributed by atoms with E-state index < -0.39 is 11.3 Å². The van der Waals surface area contributed by atoms with E-state index in [1.54, 1.807) is 12.1 Å². The third-order valence-electron chi connectivity index (χ3n) is 9.21. The molecule has 9 rings (SSSR count). The lowest BCUT2D eigenvalue weighted by atomic mass is 9.65. The van der Waals surface area contributed by atoms with Crippen molar-refractivity contribution < 1.29 is 18.9 Å². The van der Waals surface area contributed by atoms with Crippen LogP contribution in [0.2, 0.25) is 0 Å². The number of ketones is 2. The molecule has 0 atom stereocenters. The fourth-order valence-electron chi connectivity index (χ4n) is 7.40. The number of nitrogens with one attached hydrogen (secondary N) is 1. The van der Waals surface area contributed by atoms with Crippen molar-refractivity contribution in [3.63, 3.8) is 0 Å². The van der Waals surface area contributed by atoms with E-state index in [0.29, 0.717) is 62.0 Å². The molecule has 1 amide bonds. The Balaban J connectivity index is 1.42. The largest absolute Gasteiger partial charge is 0.354 e. The average molecular weight is 586 g/mol. The summed E-state index contributed by atoms with van der Waals surface area (Å²) >= 11 is 0. The summed E-state index contributed by atoms with van der Waals surface area (Å²) in [7, 11) is 0. The van der Waals surface area contributed by atoms with Crippen molar-refractivity contribution in [1.82, 2.24) is 5.16 Å². The quantitative estimate of drug-likeness (QED) is 0.243. The van der Waals surface area contributed by atoms with Gasteiger partial charge in [0.05, 0.1) is 11.4 Å². The maximum atomic E-state index is 14.7. The second-order valence-corrected chi connectivity index (χ2v) is 11.5. The molecule has 4 aromatic carbocycles. The fraction of sp³-hybridized carbons (Fsp3) is 0.0526. The zero-order valence-corrected chi connectivity index (χ0v) is 24.0. The summed E-state index contributed by atoms with van der Waals surface area (Å²) in [6.07, 6.45) is 3.78. The van der Waals surface area contributed by atoms with E-state index in [9.17, 15) is 14.4 Å². The zero-order chi connectivity index (χ0) is 30.4. The lowest BCUT2D eigenvalue weighted by Crippen LogP contribution is -2.47. The van der Waals surface area contributed by atoms with Crippen LogP contribution in [-0.2, 0) is 10.2 Å². The Morgan fingerprint density at radius 2 is 1.24 bits per heavy atom. The molecule has 3 heterocycles. The van der Waals surface area contributed by atoms with Gasteiger partial charge in [0, 0.05) is 44.7 Å². The fourth-order valence-corrected chi connectivity index (χ4v) is 7.40. The Morgan fingerprint density at radius 1 is 0.689 bits per heavy atom. The van der Waals surface area contributed by atoms with Gasteiger partial charge in [-0.2, -0.15) is 0 Å². The number of Topliss-reactive ketones (excluding diaryl/α,β-unsaturated/α-hetero) is 2. The number of carbonyl (C=O) groups is 3. The van der Waals surface area contributed by atoms with Crippen LogP contribution in [0.1, 0.15) is 54.4 Å². The lowest BCUT2D eigenvalue weighted by Gasteiger charge is -2.40. The highest BCUT2D eigenvalue weighted by Crippen LogP contribution is 2.63. The van der Waals surface area contributed by atoms with Gasteiger partial charge in [-0.25, -0.2) is 0 Å². The number of rotatable bonds is 3. The number of benzene rings is 4. The maximum absolute atomic E-state index is 14.7. The molecule has 2 aliphatic carbocycles. The number of fused-ring (bicyclic) bond motifs is 8. The zero-order valence-electron chi connectivity index (χ0n) is 24.0. The van der Waals surface area contributed by atoms with Gasteiger partial charge in [-0.1, -0.05) is 108 Å². The Morgan fingerprint density at radius 3 is 1.89 bits per heavy atom. The molecule has 0 saturated heterocycles. The van der Waals surface area contributed by atoms with Crippen LogP contribution in [0.4, 0.5) is 11.4 Å². The van der Waals surface area contributed by atoms with Crippen LogP contribution in [0.25, 0.3) is 23.5 Å². The molecule has 0 fully saturated rings. The van der Waals surface area contributed by atoms with Crippen LogP contribution in [0, 0.1) is 6.92 Å². The number of aryl methyl sites for hydroxylation is 1. The van der Waals surface area contributed by atoms with E-state index in [0.717, 1.165) is 5.56 Å². The molecule has 5 aromatic rings. The summed E-state index contributed by atoms with van der Waals surface area (Å²) < 4.78 is 5.92. The standard InChI is InChI=1S/C38H23N3O4/c1-21-32(29(45-40-21)20-19-22-11-3-2-4-12-22)41-33-23-13-5-7-15-25(23)35(42)30(33)38(27-17-9-10-18-28(27)39-37(38)44)31-34(41)24-14-6-8-16-26(24)36(31)43/h2-20H,1H3,(H,39,44)/b20-19+. The summed E-state index contributed by atoms with van der Waals surface area (Å²) in [5, 5.41) is 7.38. The van der Waals surface area contributed by atoms with Crippen molar-refractivity contribution in [2.75, 3.05) is 10.2 Å². The summed E-state index contributed by atoms with van der Waals surface area (Å²) in [5.41, 5.74) is 5.55. The predicted octanol–water partition coefficient (Wildman–Crippen LogP) is 7.08. The maximum Gasteiger partial charge on any atom is 0.244 e. The van der Waals surface area contributed by atoms with Gasteiger partial charge in [-0.15, -0.1) is 0 Å². The molecule has 1 spiro atoms. The first kappa shape index (κ1) is 25.4. The number of para-hydroxylation sites is 1. The second-order valence-electron chi connectivity index (χ2n) is 11.5. The molecule has 214 valence electrons. The minimum Gasteiger partial charge on any atom is -0.354 e. The van der Waals surface area contributed by atoms with Gasteiger partial charge in [0.1, 0.15) is 16.8 Å². The number of aromatic nitrogens is 1. The third-order valence-corrected chi connectivity index (χ3v) is 9.21. The minimum atomic E-state index is -1.66. The first-order valence-electron chi connectivity index (χ1n) is 14.7. The van der Waals surface area contributed by atoms with Crippen LogP contribution in [0.15, 0.2) is 119 Å².